The van der Waals surface area contributed by atoms with Crippen molar-refractivity contribution < 1.29 is 49.5 Å². The number of carbonyl (C=O) groups is 2. The van der Waals surface area contributed by atoms with Gasteiger partial charge in [-0.2, -0.15) is 30.7 Å². The van der Waals surface area contributed by atoms with Crippen LogP contribution >= 0.6 is 0 Å². The number of alkyl halides is 7. The molecule has 0 fully saturated rings. The fourth-order valence-corrected chi connectivity index (χ4v) is 5.13. The number of ether oxygens (including phenoxy) is 1. The monoisotopic (exact) mass is 634 g/mol. The zero-order chi connectivity index (χ0) is 32.9. The molecule has 2 heterocycles. The Morgan fingerprint density at radius 1 is 0.911 bits per heavy atom. The molecule has 0 saturated carbocycles. The summed E-state index contributed by atoms with van der Waals surface area (Å²) >= 11 is 0. The van der Waals surface area contributed by atoms with E-state index in [0.717, 1.165) is 5.56 Å². The van der Waals surface area contributed by atoms with Crippen LogP contribution in [-0.2, 0) is 0 Å². The third-order valence-corrected chi connectivity index (χ3v) is 7.55. The summed E-state index contributed by atoms with van der Waals surface area (Å²) in [4.78, 5) is 29.3. The highest BCUT2D eigenvalue weighted by Gasteiger charge is 2.72. The van der Waals surface area contributed by atoms with Gasteiger partial charge in [0.1, 0.15) is 17.1 Å². The lowest BCUT2D eigenvalue weighted by molar-refractivity contribution is -0.355. The smallest absolute Gasteiger partial charge is 0.459 e. The van der Waals surface area contributed by atoms with Gasteiger partial charge in [0.15, 0.2) is 5.78 Å². The molecule has 2 aromatic heterocycles. The minimum absolute atomic E-state index is 0.102. The number of furan rings is 1. The highest BCUT2D eigenvalue weighted by atomic mass is 19.4. The fourth-order valence-electron chi connectivity index (χ4n) is 5.13. The fraction of sp³-hybridized carbons (Fsp3) is 0.250. The quantitative estimate of drug-likeness (QED) is 0.126. The zero-order valence-corrected chi connectivity index (χ0v) is 24.0. The first-order chi connectivity index (χ1) is 21.1. The van der Waals surface area contributed by atoms with Crippen molar-refractivity contribution in [2.75, 3.05) is 14.2 Å². The molecule has 0 aliphatic heterocycles. The van der Waals surface area contributed by atoms with Crippen molar-refractivity contribution in [1.29, 1.82) is 0 Å². The Morgan fingerprint density at radius 2 is 1.58 bits per heavy atom. The maximum absolute atomic E-state index is 14.0. The van der Waals surface area contributed by atoms with E-state index in [-0.39, 0.29) is 16.9 Å². The molecule has 0 unspecified atom stereocenters. The van der Waals surface area contributed by atoms with Crippen LogP contribution in [-0.4, -0.2) is 48.9 Å². The maximum atomic E-state index is 14.0. The Morgan fingerprint density at radius 3 is 2.20 bits per heavy atom. The molecule has 0 bridgehead atoms. The molecule has 0 atom stereocenters. The van der Waals surface area contributed by atoms with Crippen LogP contribution in [0.4, 0.5) is 30.7 Å². The zero-order valence-electron chi connectivity index (χ0n) is 24.0. The molecule has 45 heavy (non-hydrogen) atoms. The highest BCUT2D eigenvalue weighted by molar-refractivity contribution is 6.19. The van der Waals surface area contributed by atoms with E-state index in [1.165, 1.54) is 26.3 Å². The number of fused-ring (bicyclic) bond motifs is 3. The van der Waals surface area contributed by atoms with Crippen molar-refractivity contribution in [3.05, 3.63) is 77.5 Å². The Bertz CT molecular complexity index is 1920. The lowest BCUT2D eigenvalue weighted by Crippen LogP contribution is -2.52. The summed E-state index contributed by atoms with van der Waals surface area (Å²) in [5.41, 5.74) is 3.27. The second-order valence-electron chi connectivity index (χ2n) is 10.4. The van der Waals surface area contributed by atoms with Gasteiger partial charge in [0.2, 0.25) is 0 Å². The molecule has 0 radical (unpaired) electrons. The molecule has 5 rings (SSSR count). The molecule has 13 heteroatoms. The largest absolute Gasteiger partial charge is 0.496 e. The van der Waals surface area contributed by atoms with Crippen LogP contribution in [0.25, 0.3) is 44.3 Å². The van der Waals surface area contributed by atoms with Crippen LogP contribution in [0.5, 0.6) is 5.75 Å². The van der Waals surface area contributed by atoms with E-state index in [2.05, 4.69) is 10.3 Å². The molecule has 0 spiro atoms. The number of aryl methyl sites for hydroxylation is 1. The molecule has 2 N–H and O–H groups in total. The second kappa shape index (κ2) is 11.3. The minimum Gasteiger partial charge on any atom is -0.496 e. The Hall–Kier alpha value is -4.81. The topological polar surface area (TPSA) is 84.3 Å². The minimum atomic E-state index is -6.50. The third kappa shape index (κ3) is 5.40. The molecule has 0 saturated heterocycles. The van der Waals surface area contributed by atoms with Crippen molar-refractivity contribution in [1.82, 2.24) is 10.3 Å². The van der Waals surface area contributed by atoms with E-state index in [4.69, 9.17) is 9.15 Å². The molecule has 0 aliphatic rings. The van der Waals surface area contributed by atoms with E-state index >= 15 is 0 Å². The first-order valence-electron chi connectivity index (χ1n) is 13.5. The number of benzene rings is 3. The number of halogens is 7. The normalized spacial score (nSPS) is 12.6. The Labute approximate surface area is 251 Å². The van der Waals surface area contributed by atoms with Gasteiger partial charge in [-0.1, -0.05) is 35.9 Å². The average Bonchev–Trinajstić information content (AvgIpc) is 3.64. The molecule has 5 aromatic rings. The number of ketones is 1. The van der Waals surface area contributed by atoms with Crippen LogP contribution in [0, 0.1) is 6.92 Å². The summed E-state index contributed by atoms with van der Waals surface area (Å²) in [6.45, 7) is 1.91. The number of H-pyrrole nitrogens is 1. The summed E-state index contributed by atoms with van der Waals surface area (Å²) in [6.07, 6.45) is -8.25. The van der Waals surface area contributed by atoms with E-state index in [1.54, 1.807) is 24.4 Å². The number of Topliss-reactive ketones (excluding diaryl/α,β-unsaturated/α-hetero) is 1. The summed E-state index contributed by atoms with van der Waals surface area (Å²) in [6, 6.07) is 14.9. The van der Waals surface area contributed by atoms with Gasteiger partial charge in [0, 0.05) is 48.0 Å². The van der Waals surface area contributed by atoms with Crippen LogP contribution in [0.3, 0.4) is 0 Å². The van der Waals surface area contributed by atoms with Gasteiger partial charge in [0.25, 0.3) is 5.91 Å². The number of hydrogen-bond donors (Lipinski definition) is 2. The van der Waals surface area contributed by atoms with E-state index < -0.39 is 42.6 Å². The highest BCUT2D eigenvalue weighted by Crippen LogP contribution is 2.49. The number of rotatable bonds is 9. The van der Waals surface area contributed by atoms with Gasteiger partial charge in [-0.3, -0.25) is 9.59 Å². The molecule has 6 nitrogen and oxygen atoms in total. The Balaban J connectivity index is 1.62. The van der Waals surface area contributed by atoms with Gasteiger partial charge in [-0.25, -0.2) is 0 Å². The summed E-state index contributed by atoms with van der Waals surface area (Å²) in [5.74, 6) is -13.2. The van der Waals surface area contributed by atoms with Gasteiger partial charge in [-0.05, 0) is 36.8 Å². The van der Waals surface area contributed by atoms with E-state index in [0.29, 0.717) is 44.3 Å². The lowest BCUT2D eigenvalue weighted by Gasteiger charge is -2.28. The van der Waals surface area contributed by atoms with Gasteiger partial charge >= 0.3 is 18.0 Å². The Kier molecular flexibility index (Phi) is 7.92. The summed E-state index contributed by atoms with van der Waals surface area (Å²) < 4.78 is 104. The van der Waals surface area contributed by atoms with Crippen LogP contribution in [0.2, 0.25) is 0 Å². The maximum Gasteiger partial charge on any atom is 0.459 e. The van der Waals surface area contributed by atoms with E-state index in [1.807, 2.05) is 31.2 Å². The lowest BCUT2D eigenvalue weighted by atomic mass is 9.94. The van der Waals surface area contributed by atoms with Gasteiger partial charge in [0.05, 0.1) is 23.8 Å². The number of nitrogens with one attached hydrogen (secondary N) is 2. The molecular formula is C32H25F7N2O4. The molecular weight excluding hydrogens is 609 g/mol. The number of methoxy groups -OCH3 is 1. The first kappa shape index (κ1) is 31.6. The third-order valence-electron chi connectivity index (χ3n) is 7.55. The second-order valence-corrected chi connectivity index (χ2v) is 10.4. The van der Waals surface area contributed by atoms with Crippen molar-refractivity contribution >= 4 is 33.6 Å². The predicted molar refractivity (Wildman–Crippen MR) is 153 cm³/mol. The van der Waals surface area contributed by atoms with Gasteiger partial charge < -0.3 is 19.5 Å². The number of hydrogen-bond acceptors (Lipinski definition) is 4. The van der Waals surface area contributed by atoms with Crippen LogP contribution in [0.1, 0.15) is 39.1 Å². The molecule has 236 valence electrons. The summed E-state index contributed by atoms with van der Waals surface area (Å²) in [7, 11) is 2.65. The number of aromatic amines is 1. The van der Waals surface area contributed by atoms with Crippen molar-refractivity contribution in [3.63, 3.8) is 0 Å². The first-order valence-corrected chi connectivity index (χ1v) is 13.5. The molecule has 3 aromatic carbocycles. The SMILES string of the molecule is CNC(=O)c1c(-c2ccc(C)cc2)oc2c1cc(-c1ccc(OC)c(C(=O)CCC(F)(F)C(F)(F)C(F)(F)F)c1)c1[nH]ccc12. The molecule has 0 aliphatic carbocycles. The summed E-state index contributed by atoms with van der Waals surface area (Å²) in [5, 5.41) is 3.61. The average molecular weight is 635 g/mol. The number of carbonyl (C=O) groups excluding carboxylic acids is 2. The van der Waals surface area contributed by atoms with Crippen molar-refractivity contribution in [2.24, 2.45) is 0 Å². The van der Waals surface area contributed by atoms with Crippen molar-refractivity contribution in [2.45, 2.75) is 37.8 Å². The number of amides is 1. The van der Waals surface area contributed by atoms with Crippen LogP contribution in [0.15, 0.2) is 65.2 Å². The van der Waals surface area contributed by atoms with Crippen molar-refractivity contribution in [3.8, 4) is 28.2 Å². The molecule has 1 amide bonds. The van der Waals surface area contributed by atoms with Gasteiger partial charge in [-0.15, -0.1) is 0 Å². The predicted octanol–water partition coefficient (Wildman–Crippen LogP) is 8.72. The van der Waals surface area contributed by atoms with E-state index in [9.17, 15) is 40.3 Å². The van der Waals surface area contributed by atoms with Crippen LogP contribution < -0.4 is 10.1 Å². The standard InChI is InChI=1S/C32H25F7N2O4/c1-16-4-6-17(7-5-16)27-25(29(43)40-2)22-15-20(26-19(11-13-41-26)28(22)45-27)18-8-9-24(44-3)21(14-18)23(42)10-12-30(33,34)31(35,36)32(37,38)39/h4-9,11,13-15,41H,10,12H2,1-3H3,(H,40,43). The number of aromatic nitrogens is 1.